The SMILES string of the molecule is Nc1c(Cl)cc(-c2[nH]c3cc(C(=O)NCCOCCO)ccc3c(=O)c2O)cc1Cl. The molecular weight excluding hydrogens is 433 g/mol. The summed E-state index contributed by atoms with van der Waals surface area (Å²) in [6.07, 6.45) is 0. The van der Waals surface area contributed by atoms with Crippen LogP contribution in [0.4, 0.5) is 5.69 Å². The number of aromatic amines is 1. The number of H-pyrrole nitrogens is 1. The molecule has 1 amide bonds. The van der Waals surface area contributed by atoms with Crippen molar-refractivity contribution in [2.24, 2.45) is 0 Å². The molecule has 2 aromatic carbocycles. The number of carbonyl (C=O) groups excluding carboxylic acids is 1. The number of aliphatic hydroxyl groups is 1. The lowest BCUT2D eigenvalue weighted by atomic mass is 10.1. The Kier molecular flexibility index (Phi) is 6.84. The van der Waals surface area contributed by atoms with Crippen LogP contribution in [0.1, 0.15) is 10.4 Å². The molecule has 3 aromatic rings. The van der Waals surface area contributed by atoms with Crippen LogP contribution in [-0.4, -0.2) is 47.5 Å². The number of nitrogen functional groups attached to an aromatic ring is 1. The molecule has 1 heterocycles. The molecule has 0 bridgehead atoms. The van der Waals surface area contributed by atoms with E-state index < -0.39 is 11.2 Å². The van der Waals surface area contributed by atoms with Gasteiger partial charge in [0, 0.05) is 23.1 Å². The van der Waals surface area contributed by atoms with Crippen LogP contribution in [0.2, 0.25) is 10.0 Å². The van der Waals surface area contributed by atoms with Gasteiger partial charge in [-0.1, -0.05) is 23.2 Å². The van der Waals surface area contributed by atoms with Gasteiger partial charge in [-0.25, -0.2) is 0 Å². The van der Waals surface area contributed by atoms with Crippen LogP contribution in [-0.2, 0) is 4.74 Å². The van der Waals surface area contributed by atoms with E-state index in [1.807, 2.05) is 0 Å². The Morgan fingerprint density at radius 3 is 2.53 bits per heavy atom. The van der Waals surface area contributed by atoms with Crippen LogP contribution in [0.5, 0.6) is 5.75 Å². The van der Waals surface area contributed by atoms with Gasteiger partial charge in [0.25, 0.3) is 5.91 Å². The first-order valence-electron chi connectivity index (χ1n) is 8.94. The highest BCUT2D eigenvalue weighted by atomic mass is 35.5. The number of aliphatic hydroxyl groups excluding tert-OH is 1. The highest BCUT2D eigenvalue weighted by Gasteiger charge is 2.16. The van der Waals surface area contributed by atoms with Gasteiger partial charge in [-0.05, 0) is 30.3 Å². The molecular formula is C20H19Cl2N3O5. The molecule has 0 unspecified atom stereocenters. The fraction of sp³-hybridized carbons (Fsp3) is 0.200. The summed E-state index contributed by atoms with van der Waals surface area (Å²) in [6.45, 7) is 0.619. The van der Waals surface area contributed by atoms with Crippen molar-refractivity contribution in [2.45, 2.75) is 0 Å². The average molecular weight is 452 g/mol. The monoisotopic (exact) mass is 451 g/mol. The predicted octanol–water partition coefficient (Wildman–Crippen LogP) is 2.53. The minimum absolute atomic E-state index is 0.0917. The van der Waals surface area contributed by atoms with E-state index in [1.165, 1.54) is 30.3 Å². The summed E-state index contributed by atoms with van der Waals surface area (Å²) in [5.74, 6) is -0.865. The maximum atomic E-state index is 12.6. The van der Waals surface area contributed by atoms with Gasteiger partial charge in [0.2, 0.25) is 5.43 Å². The fourth-order valence-electron chi connectivity index (χ4n) is 2.86. The molecule has 0 radical (unpaired) electrons. The van der Waals surface area contributed by atoms with Gasteiger partial charge in [0.05, 0.1) is 46.8 Å². The van der Waals surface area contributed by atoms with Gasteiger partial charge in [0.15, 0.2) is 5.75 Å². The summed E-state index contributed by atoms with van der Waals surface area (Å²) in [5, 5.41) is 22.3. The van der Waals surface area contributed by atoms with Gasteiger partial charge in [-0.2, -0.15) is 0 Å². The van der Waals surface area contributed by atoms with Gasteiger partial charge in [0.1, 0.15) is 0 Å². The van der Waals surface area contributed by atoms with Crippen LogP contribution < -0.4 is 16.5 Å². The van der Waals surface area contributed by atoms with Crippen LogP contribution in [0.25, 0.3) is 22.2 Å². The molecule has 10 heteroatoms. The first kappa shape index (κ1) is 21.9. The van der Waals surface area contributed by atoms with Crippen LogP contribution >= 0.6 is 23.2 Å². The van der Waals surface area contributed by atoms with E-state index in [0.717, 1.165) is 0 Å². The van der Waals surface area contributed by atoms with Gasteiger partial charge in [-0.15, -0.1) is 0 Å². The second-order valence-electron chi connectivity index (χ2n) is 6.38. The van der Waals surface area contributed by atoms with Crippen molar-refractivity contribution in [1.29, 1.82) is 0 Å². The third kappa shape index (κ3) is 4.52. The normalized spacial score (nSPS) is 11.0. The Hall–Kier alpha value is -2.78. The smallest absolute Gasteiger partial charge is 0.251 e. The van der Waals surface area contributed by atoms with Gasteiger partial charge in [-0.3, -0.25) is 9.59 Å². The Morgan fingerprint density at radius 2 is 1.87 bits per heavy atom. The number of benzene rings is 2. The lowest BCUT2D eigenvalue weighted by Gasteiger charge is -2.11. The maximum Gasteiger partial charge on any atom is 0.251 e. The molecule has 6 N–H and O–H groups in total. The molecule has 158 valence electrons. The molecule has 0 fully saturated rings. The first-order chi connectivity index (χ1) is 14.3. The summed E-state index contributed by atoms with van der Waals surface area (Å²) in [7, 11) is 0. The number of ether oxygens (including phenoxy) is 1. The Bertz CT molecular complexity index is 1140. The van der Waals surface area contributed by atoms with E-state index in [1.54, 1.807) is 0 Å². The minimum Gasteiger partial charge on any atom is -0.503 e. The molecule has 0 aliphatic carbocycles. The number of amides is 1. The van der Waals surface area contributed by atoms with Crippen molar-refractivity contribution in [1.82, 2.24) is 10.3 Å². The van der Waals surface area contributed by atoms with Crippen LogP contribution in [0.3, 0.4) is 0 Å². The molecule has 1 aromatic heterocycles. The number of fused-ring (bicyclic) bond motifs is 1. The van der Waals surface area contributed by atoms with Crippen molar-refractivity contribution < 1.29 is 19.7 Å². The van der Waals surface area contributed by atoms with E-state index in [2.05, 4.69) is 10.3 Å². The average Bonchev–Trinajstić information content (AvgIpc) is 2.73. The van der Waals surface area contributed by atoms with Crippen molar-refractivity contribution >= 4 is 45.7 Å². The number of pyridine rings is 1. The molecule has 0 aliphatic heterocycles. The molecule has 0 aliphatic rings. The van der Waals surface area contributed by atoms with Gasteiger partial charge >= 0.3 is 0 Å². The summed E-state index contributed by atoms with van der Waals surface area (Å²) in [4.78, 5) is 27.9. The molecule has 0 atom stereocenters. The zero-order chi connectivity index (χ0) is 21.8. The van der Waals surface area contributed by atoms with E-state index in [0.29, 0.717) is 16.6 Å². The number of nitrogens with one attached hydrogen (secondary N) is 2. The maximum absolute atomic E-state index is 12.6. The second kappa shape index (κ2) is 9.36. The largest absolute Gasteiger partial charge is 0.503 e. The minimum atomic E-state index is -0.604. The van der Waals surface area contributed by atoms with Crippen molar-refractivity contribution in [3.05, 3.63) is 56.2 Å². The molecule has 0 saturated carbocycles. The van der Waals surface area contributed by atoms with Crippen LogP contribution in [0, 0.1) is 0 Å². The first-order valence-corrected chi connectivity index (χ1v) is 9.69. The Morgan fingerprint density at radius 1 is 1.17 bits per heavy atom. The number of carbonyl (C=O) groups is 1. The van der Waals surface area contributed by atoms with E-state index in [9.17, 15) is 14.7 Å². The summed E-state index contributed by atoms with van der Waals surface area (Å²) < 4.78 is 5.09. The number of hydrogen-bond acceptors (Lipinski definition) is 6. The molecule has 0 saturated heterocycles. The molecule has 8 nitrogen and oxygen atoms in total. The quantitative estimate of drug-likeness (QED) is 0.276. The number of nitrogens with two attached hydrogens (primary N) is 1. The highest BCUT2D eigenvalue weighted by Crippen LogP contribution is 2.35. The third-order valence-electron chi connectivity index (χ3n) is 4.37. The van der Waals surface area contributed by atoms with Crippen molar-refractivity contribution in [2.75, 3.05) is 32.1 Å². The number of aromatic nitrogens is 1. The predicted molar refractivity (Wildman–Crippen MR) is 116 cm³/mol. The molecule has 0 spiro atoms. The standard InChI is InChI=1S/C20H19Cl2N3O5/c21-13-7-11(8-14(22)16(13)23)17-19(28)18(27)12-2-1-10(9-15(12)25-17)20(29)24-3-5-30-6-4-26/h1-2,7-9,26,28H,3-6,23H2,(H,24,29)(H,25,27). The number of anilines is 1. The Balaban J connectivity index is 1.97. The van der Waals surface area contributed by atoms with Gasteiger partial charge < -0.3 is 31.0 Å². The summed E-state index contributed by atoms with van der Waals surface area (Å²) >= 11 is 12.1. The summed E-state index contributed by atoms with van der Waals surface area (Å²) in [6, 6.07) is 7.39. The fourth-order valence-corrected chi connectivity index (χ4v) is 3.35. The van der Waals surface area contributed by atoms with E-state index >= 15 is 0 Å². The van der Waals surface area contributed by atoms with Crippen molar-refractivity contribution in [3.8, 4) is 17.0 Å². The van der Waals surface area contributed by atoms with Crippen molar-refractivity contribution in [3.63, 3.8) is 0 Å². The van der Waals surface area contributed by atoms with E-state index in [4.69, 9.17) is 38.8 Å². The number of aromatic hydroxyl groups is 1. The number of rotatable bonds is 7. The number of hydrogen-bond donors (Lipinski definition) is 5. The molecule has 30 heavy (non-hydrogen) atoms. The zero-order valence-corrected chi connectivity index (χ0v) is 17.2. The summed E-state index contributed by atoms with van der Waals surface area (Å²) in [5.41, 5.74) is 6.45. The topological polar surface area (TPSA) is 138 Å². The third-order valence-corrected chi connectivity index (χ3v) is 5.00. The molecule has 3 rings (SSSR count). The highest BCUT2D eigenvalue weighted by molar-refractivity contribution is 6.39. The zero-order valence-electron chi connectivity index (χ0n) is 15.7. The number of halogens is 2. The van der Waals surface area contributed by atoms with Crippen LogP contribution in [0.15, 0.2) is 35.1 Å². The lowest BCUT2D eigenvalue weighted by molar-refractivity contribution is 0.0838. The second-order valence-corrected chi connectivity index (χ2v) is 7.20. The lowest BCUT2D eigenvalue weighted by Crippen LogP contribution is -2.27. The van der Waals surface area contributed by atoms with E-state index in [-0.39, 0.29) is 59.1 Å². The Labute approximate surface area is 181 Å².